The smallest absolute Gasteiger partial charge is 0.0884 e. The van der Waals surface area contributed by atoms with E-state index in [2.05, 4.69) is 18.2 Å². The molecule has 0 spiro atoms. The molecule has 3 fully saturated rings. The lowest BCUT2D eigenvalue weighted by Gasteiger charge is -2.38. The zero-order valence-electron chi connectivity index (χ0n) is 11.8. The molecule has 1 aromatic rings. The minimum absolute atomic E-state index is 0.136. The Labute approximate surface area is 120 Å². The molecule has 1 aliphatic carbocycles. The number of aliphatic hydroxyl groups is 1. The van der Waals surface area contributed by atoms with Crippen molar-refractivity contribution in [1.82, 2.24) is 0 Å². The monoisotopic (exact) mass is 273 g/mol. The number of fused-ring (bicyclic) bond motifs is 2. The number of hydrogen-bond acceptors (Lipinski definition) is 3. The molecule has 0 amide bonds. The molecular formula is C17H23NO2. The van der Waals surface area contributed by atoms with Gasteiger partial charge >= 0.3 is 0 Å². The molecule has 108 valence electrons. The van der Waals surface area contributed by atoms with E-state index in [0.29, 0.717) is 18.6 Å². The van der Waals surface area contributed by atoms with Crippen LogP contribution in [0.15, 0.2) is 24.3 Å². The summed E-state index contributed by atoms with van der Waals surface area (Å²) in [7, 11) is 0. The Kier molecular flexibility index (Phi) is 2.92. The molecule has 0 aromatic heterocycles. The van der Waals surface area contributed by atoms with E-state index < -0.39 is 6.10 Å². The van der Waals surface area contributed by atoms with Crippen molar-refractivity contribution in [3.05, 3.63) is 35.4 Å². The summed E-state index contributed by atoms with van der Waals surface area (Å²) in [5.41, 5.74) is 8.19. The summed E-state index contributed by atoms with van der Waals surface area (Å²) in [4.78, 5) is 0. The average Bonchev–Trinajstić information content (AvgIpc) is 3.16. The van der Waals surface area contributed by atoms with Crippen LogP contribution in [-0.2, 0) is 4.74 Å². The summed E-state index contributed by atoms with van der Waals surface area (Å²) >= 11 is 0. The molecule has 1 aromatic carbocycles. The predicted octanol–water partition coefficient (Wildman–Crippen LogP) is 2.49. The van der Waals surface area contributed by atoms with E-state index in [1.54, 1.807) is 0 Å². The first-order valence-corrected chi connectivity index (χ1v) is 7.86. The lowest BCUT2D eigenvalue weighted by Crippen LogP contribution is -2.44. The maximum atomic E-state index is 11.0. The number of aliphatic hydroxyl groups excluding tert-OH is 1. The first-order chi connectivity index (χ1) is 9.73. The minimum Gasteiger partial charge on any atom is -0.388 e. The fourth-order valence-corrected chi connectivity index (χ4v) is 4.18. The van der Waals surface area contributed by atoms with Gasteiger partial charge in [-0.3, -0.25) is 0 Å². The summed E-state index contributed by atoms with van der Waals surface area (Å²) in [5.74, 6) is 0.715. The van der Waals surface area contributed by atoms with Crippen LogP contribution in [0.25, 0.3) is 0 Å². The van der Waals surface area contributed by atoms with Crippen LogP contribution < -0.4 is 5.73 Å². The Morgan fingerprint density at radius 2 is 2.15 bits per heavy atom. The second kappa shape index (κ2) is 4.55. The van der Waals surface area contributed by atoms with Crippen LogP contribution in [0.2, 0.25) is 0 Å². The Bertz CT molecular complexity index is 513. The van der Waals surface area contributed by atoms with E-state index in [1.165, 1.54) is 18.4 Å². The van der Waals surface area contributed by atoms with Crippen molar-refractivity contribution in [3.8, 4) is 0 Å². The van der Waals surface area contributed by atoms with Crippen LogP contribution in [0.3, 0.4) is 0 Å². The van der Waals surface area contributed by atoms with Crippen molar-refractivity contribution in [2.75, 3.05) is 6.54 Å². The van der Waals surface area contributed by atoms with Crippen molar-refractivity contribution < 1.29 is 9.84 Å². The molecule has 3 N–H and O–H groups in total. The van der Waals surface area contributed by atoms with E-state index in [9.17, 15) is 5.11 Å². The van der Waals surface area contributed by atoms with Gasteiger partial charge in [0.15, 0.2) is 0 Å². The number of ether oxygens (including phenoxy) is 1. The molecule has 1 saturated carbocycles. The van der Waals surface area contributed by atoms with Crippen molar-refractivity contribution >= 4 is 0 Å². The van der Waals surface area contributed by atoms with Crippen LogP contribution in [0, 0.1) is 5.41 Å². The Morgan fingerprint density at radius 1 is 1.30 bits per heavy atom. The normalized spacial score (nSPS) is 37.3. The lowest BCUT2D eigenvalue weighted by atomic mass is 9.68. The average molecular weight is 273 g/mol. The van der Waals surface area contributed by atoms with Gasteiger partial charge in [0.1, 0.15) is 0 Å². The summed E-state index contributed by atoms with van der Waals surface area (Å²) in [6.07, 6.45) is 5.60. The maximum absolute atomic E-state index is 11.0. The van der Waals surface area contributed by atoms with Crippen LogP contribution in [0.5, 0.6) is 0 Å². The van der Waals surface area contributed by atoms with E-state index >= 15 is 0 Å². The highest BCUT2D eigenvalue weighted by atomic mass is 16.5. The maximum Gasteiger partial charge on any atom is 0.0884 e. The SMILES string of the molecule is NCC1(C(O)c2cccc(C3CC3)c2)CC2CCC1O2. The molecule has 3 aliphatic rings. The van der Waals surface area contributed by atoms with Crippen LogP contribution in [0.1, 0.15) is 55.3 Å². The fourth-order valence-electron chi connectivity index (χ4n) is 4.18. The van der Waals surface area contributed by atoms with Gasteiger partial charge < -0.3 is 15.6 Å². The van der Waals surface area contributed by atoms with E-state index in [0.717, 1.165) is 24.8 Å². The molecule has 4 unspecified atom stereocenters. The predicted molar refractivity (Wildman–Crippen MR) is 77.4 cm³/mol. The number of hydrogen-bond donors (Lipinski definition) is 2. The van der Waals surface area contributed by atoms with Gasteiger partial charge in [0.05, 0.1) is 18.3 Å². The standard InChI is InChI=1S/C17H23NO2/c18-10-17(9-14-6-7-15(17)20-14)16(19)13-3-1-2-12(8-13)11-4-5-11/h1-3,8,11,14-16,19H,4-7,9-10,18H2. The third kappa shape index (κ3) is 1.84. The Balaban J connectivity index is 1.65. The Morgan fingerprint density at radius 3 is 2.75 bits per heavy atom. The number of nitrogens with two attached hydrogens (primary N) is 1. The molecular weight excluding hydrogens is 250 g/mol. The molecule has 20 heavy (non-hydrogen) atoms. The molecule has 4 rings (SSSR count). The number of benzene rings is 1. The van der Waals surface area contributed by atoms with E-state index in [1.807, 2.05) is 6.07 Å². The quantitative estimate of drug-likeness (QED) is 0.886. The second-order valence-corrected chi connectivity index (χ2v) is 6.81. The van der Waals surface area contributed by atoms with Crippen molar-refractivity contribution in [2.45, 2.75) is 56.3 Å². The fraction of sp³-hybridized carbons (Fsp3) is 0.647. The molecule has 4 atom stereocenters. The summed E-state index contributed by atoms with van der Waals surface area (Å²) < 4.78 is 5.97. The van der Waals surface area contributed by atoms with Gasteiger partial charge in [-0.05, 0) is 49.1 Å². The first-order valence-electron chi connectivity index (χ1n) is 7.86. The van der Waals surface area contributed by atoms with Gasteiger partial charge in [-0.1, -0.05) is 24.3 Å². The van der Waals surface area contributed by atoms with Gasteiger partial charge in [0, 0.05) is 12.0 Å². The minimum atomic E-state index is -0.499. The van der Waals surface area contributed by atoms with Crippen molar-refractivity contribution in [2.24, 2.45) is 11.1 Å². The van der Waals surface area contributed by atoms with Crippen LogP contribution in [-0.4, -0.2) is 23.9 Å². The topological polar surface area (TPSA) is 55.5 Å². The lowest BCUT2D eigenvalue weighted by molar-refractivity contribution is -0.0264. The molecule has 2 bridgehead atoms. The molecule has 2 heterocycles. The zero-order valence-corrected chi connectivity index (χ0v) is 11.8. The zero-order chi connectivity index (χ0) is 13.7. The summed E-state index contributed by atoms with van der Waals surface area (Å²) in [6.45, 7) is 0.503. The molecule has 3 nitrogen and oxygen atoms in total. The highest BCUT2D eigenvalue weighted by Gasteiger charge is 2.55. The largest absolute Gasteiger partial charge is 0.388 e. The number of rotatable bonds is 4. The van der Waals surface area contributed by atoms with Crippen molar-refractivity contribution in [1.29, 1.82) is 0 Å². The summed E-state index contributed by atoms with van der Waals surface area (Å²) in [6, 6.07) is 8.48. The molecule has 2 aliphatic heterocycles. The van der Waals surface area contributed by atoms with Crippen molar-refractivity contribution in [3.63, 3.8) is 0 Å². The highest BCUT2D eigenvalue weighted by Crippen LogP contribution is 2.54. The Hall–Kier alpha value is -0.900. The molecule has 0 radical (unpaired) electrons. The van der Waals surface area contributed by atoms with Crippen LogP contribution in [0.4, 0.5) is 0 Å². The van der Waals surface area contributed by atoms with Gasteiger partial charge in [0.25, 0.3) is 0 Å². The van der Waals surface area contributed by atoms with E-state index in [4.69, 9.17) is 10.5 Å². The van der Waals surface area contributed by atoms with E-state index in [-0.39, 0.29) is 11.5 Å². The second-order valence-electron chi connectivity index (χ2n) is 6.81. The summed E-state index contributed by atoms with van der Waals surface area (Å²) in [5, 5.41) is 11.0. The highest BCUT2D eigenvalue weighted by molar-refractivity contribution is 5.32. The van der Waals surface area contributed by atoms with Crippen LogP contribution >= 0.6 is 0 Å². The van der Waals surface area contributed by atoms with Gasteiger partial charge in [-0.15, -0.1) is 0 Å². The van der Waals surface area contributed by atoms with Gasteiger partial charge in [-0.2, -0.15) is 0 Å². The van der Waals surface area contributed by atoms with Gasteiger partial charge in [0.2, 0.25) is 0 Å². The third-order valence-corrected chi connectivity index (χ3v) is 5.56. The third-order valence-electron chi connectivity index (χ3n) is 5.56. The van der Waals surface area contributed by atoms with Gasteiger partial charge in [-0.25, -0.2) is 0 Å². The first kappa shape index (κ1) is 12.8. The molecule has 3 heteroatoms. The molecule has 2 saturated heterocycles.